The average molecular weight is 260 g/mol. The molecule has 1 aliphatic heterocycles. The Morgan fingerprint density at radius 3 is 2.84 bits per heavy atom. The van der Waals surface area contributed by atoms with Crippen molar-refractivity contribution in [2.75, 3.05) is 25.0 Å². The lowest BCUT2D eigenvalue weighted by Crippen LogP contribution is -2.41. The van der Waals surface area contributed by atoms with Crippen molar-refractivity contribution in [1.82, 2.24) is 25.3 Å². The van der Waals surface area contributed by atoms with Gasteiger partial charge in [0, 0.05) is 19.1 Å². The van der Waals surface area contributed by atoms with Crippen LogP contribution in [0.1, 0.15) is 19.8 Å². The number of hydrogen-bond donors (Lipinski definition) is 2. The third-order valence-corrected chi connectivity index (χ3v) is 4.20. The first-order chi connectivity index (χ1) is 9.29. The molecule has 1 saturated heterocycles. The van der Waals surface area contributed by atoms with E-state index >= 15 is 0 Å². The number of piperidine rings is 1. The van der Waals surface area contributed by atoms with E-state index in [1.165, 1.54) is 12.8 Å². The summed E-state index contributed by atoms with van der Waals surface area (Å²) in [5.74, 6) is 1.73. The van der Waals surface area contributed by atoms with E-state index < -0.39 is 0 Å². The third kappa shape index (κ3) is 2.28. The smallest absolute Gasteiger partial charge is 0.182 e. The molecule has 102 valence electrons. The predicted octanol–water partition coefficient (Wildman–Crippen LogP) is 1.18. The van der Waals surface area contributed by atoms with E-state index in [1.54, 1.807) is 12.7 Å². The van der Waals surface area contributed by atoms with E-state index in [0.717, 1.165) is 36.0 Å². The fourth-order valence-electron chi connectivity index (χ4n) is 2.84. The standard InChI is InChI=1S/C13H20N6/c1-9(14-2)10-3-5-19(6-4-10)13-11-12(16-7-15-11)17-8-18-13/h7-10,14H,3-6H2,1-2H3,(H,15,16,17,18). The van der Waals surface area contributed by atoms with Gasteiger partial charge in [-0.15, -0.1) is 0 Å². The highest BCUT2D eigenvalue weighted by molar-refractivity contribution is 5.82. The molecule has 1 atom stereocenters. The molecule has 1 fully saturated rings. The minimum Gasteiger partial charge on any atom is -0.355 e. The summed E-state index contributed by atoms with van der Waals surface area (Å²) in [6.07, 6.45) is 5.67. The quantitative estimate of drug-likeness (QED) is 0.867. The van der Waals surface area contributed by atoms with Gasteiger partial charge in [-0.3, -0.25) is 0 Å². The lowest BCUT2D eigenvalue weighted by Gasteiger charge is -2.35. The van der Waals surface area contributed by atoms with E-state index in [0.29, 0.717) is 6.04 Å². The molecule has 1 aliphatic rings. The van der Waals surface area contributed by atoms with Crippen LogP contribution in [0, 0.1) is 5.92 Å². The van der Waals surface area contributed by atoms with Crippen LogP contribution in [-0.4, -0.2) is 46.1 Å². The number of aromatic amines is 1. The zero-order chi connectivity index (χ0) is 13.2. The van der Waals surface area contributed by atoms with Gasteiger partial charge in [0.2, 0.25) is 0 Å². The van der Waals surface area contributed by atoms with Crippen LogP contribution in [0.2, 0.25) is 0 Å². The first kappa shape index (κ1) is 12.3. The summed E-state index contributed by atoms with van der Waals surface area (Å²) in [5.41, 5.74) is 1.69. The number of rotatable bonds is 3. The van der Waals surface area contributed by atoms with Crippen molar-refractivity contribution >= 4 is 17.0 Å². The van der Waals surface area contributed by atoms with Crippen molar-refractivity contribution in [3.63, 3.8) is 0 Å². The molecule has 3 rings (SSSR count). The van der Waals surface area contributed by atoms with Crippen LogP contribution in [0.25, 0.3) is 11.2 Å². The van der Waals surface area contributed by atoms with Crippen molar-refractivity contribution in [3.05, 3.63) is 12.7 Å². The average Bonchev–Trinajstić information content (AvgIpc) is 2.95. The van der Waals surface area contributed by atoms with Crippen molar-refractivity contribution in [2.45, 2.75) is 25.8 Å². The third-order valence-electron chi connectivity index (χ3n) is 4.20. The Morgan fingerprint density at radius 1 is 1.32 bits per heavy atom. The summed E-state index contributed by atoms with van der Waals surface area (Å²) >= 11 is 0. The molecular formula is C13H20N6. The molecule has 0 aliphatic carbocycles. The van der Waals surface area contributed by atoms with E-state index in [-0.39, 0.29) is 0 Å². The number of nitrogens with one attached hydrogen (secondary N) is 2. The van der Waals surface area contributed by atoms with Gasteiger partial charge in [0.25, 0.3) is 0 Å². The summed E-state index contributed by atoms with van der Waals surface area (Å²) in [6, 6.07) is 0.583. The zero-order valence-electron chi connectivity index (χ0n) is 11.4. The summed E-state index contributed by atoms with van der Waals surface area (Å²) in [4.78, 5) is 18.2. The van der Waals surface area contributed by atoms with Crippen LogP contribution >= 0.6 is 0 Å². The molecule has 3 heterocycles. The Labute approximate surface area is 112 Å². The second-order valence-electron chi connectivity index (χ2n) is 5.20. The van der Waals surface area contributed by atoms with Crippen molar-refractivity contribution in [3.8, 4) is 0 Å². The predicted molar refractivity (Wildman–Crippen MR) is 75.1 cm³/mol. The van der Waals surface area contributed by atoms with Crippen molar-refractivity contribution in [2.24, 2.45) is 5.92 Å². The van der Waals surface area contributed by atoms with E-state index in [1.807, 2.05) is 7.05 Å². The molecule has 0 aromatic carbocycles. The Hall–Kier alpha value is -1.69. The zero-order valence-corrected chi connectivity index (χ0v) is 11.4. The molecule has 0 spiro atoms. The molecule has 0 radical (unpaired) electrons. The number of H-pyrrole nitrogens is 1. The summed E-state index contributed by atoms with van der Waals surface area (Å²) in [5, 5.41) is 3.35. The highest BCUT2D eigenvalue weighted by Crippen LogP contribution is 2.26. The van der Waals surface area contributed by atoms with Gasteiger partial charge in [0.15, 0.2) is 11.5 Å². The van der Waals surface area contributed by atoms with Crippen LogP contribution in [-0.2, 0) is 0 Å². The molecule has 6 nitrogen and oxygen atoms in total. The van der Waals surface area contributed by atoms with Gasteiger partial charge in [0.05, 0.1) is 6.33 Å². The first-order valence-electron chi connectivity index (χ1n) is 6.86. The van der Waals surface area contributed by atoms with E-state index in [2.05, 4.69) is 37.1 Å². The largest absolute Gasteiger partial charge is 0.355 e. The molecule has 2 aromatic heterocycles. The normalized spacial score (nSPS) is 18.9. The number of fused-ring (bicyclic) bond motifs is 1. The van der Waals surface area contributed by atoms with E-state index in [9.17, 15) is 0 Å². The van der Waals surface area contributed by atoms with Gasteiger partial charge in [-0.2, -0.15) is 0 Å². The summed E-state index contributed by atoms with van der Waals surface area (Å²) < 4.78 is 0. The van der Waals surface area contributed by atoms with Gasteiger partial charge < -0.3 is 15.2 Å². The van der Waals surface area contributed by atoms with Gasteiger partial charge in [-0.05, 0) is 32.7 Å². The van der Waals surface area contributed by atoms with E-state index in [4.69, 9.17) is 0 Å². The number of nitrogens with zero attached hydrogens (tertiary/aromatic N) is 4. The van der Waals surface area contributed by atoms with Gasteiger partial charge in [-0.1, -0.05) is 0 Å². The first-order valence-corrected chi connectivity index (χ1v) is 6.86. The molecule has 2 N–H and O–H groups in total. The molecule has 19 heavy (non-hydrogen) atoms. The van der Waals surface area contributed by atoms with Gasteiger partial charge in [0.1, 0.15) is 11.8 Å². The molecule has 0 amide bonds. The molecule has 1 unspecified atom stereocenters. The number of hydrogen-bond acceptors (Lipinski definition) is 5. The monoisotopic (exact) mass is 260 g/mol. The number of imidazole rings is 1. The van der Waals surface area contributed by atoms with Crippen LogP contribution in [0.4, 0.5) is 5.82 Å². The minimum absolute atomic E-state index is 0.583. The van der Waals surface area contributed by atoms with Crippen LogP contribution in [0.5, 0.6) is 0 Å². The SMILES string of the molecule is CNC(C)C1CCN(c2ncnc3nc[nH]c23)CC1. The second-order valence-corrected chi connectivity index (χ2v) is 5.20. The second kappa shape index (κ2) is 5.13. The molecule has 0 saturated carbocycles. The molecule has 2 aromatic rings. The maximum Gasteiger partial charge on any atom is 0.182 e. The minimum atomic E-state index is 0.583. The Balaban J connectivity index is 1.76. The van der Waals surface area contributed by atoms with Crippen molar-refractivity contribution in [1.29, 1.82) is 0 Å². The van der Waals surface area contributed by atoms with Gasteiger partial charge in [-0.25, -0.2) is 15.0 Å². The lowest BCUT2D eigenvalue weighted by molar-refractivity contribution is 0.323. The highest BCUT2D eigenvalue weighted by Gasteiger charge is 2.25. The Kier molecular flexibility index (Phi) is 3.33. The van der Waals surface area contributed by atoms with Crippen molar-refractivity contribution < 1.29 is 0 Å². The van der Waals surface area contributed by atoms with Crippen LogP contribution < -0.4 is 10.2 Å². The van der Waals surface area contributed by atoms with Crippen LogP contribution in [0.15, 0.2) is 12.7 Å². The molecule has 6 heteroatoms. The summed E-state index contributed by atoms with van der Waals surface area (Å²) in [7, 11) is 2.04. The fraction of sp³-hybridized carbons (Fsp3) is 0.615. The molecule has 0 bridgehead atoms. The number of aromatic nitrogens is 4. The van der Waals surface area contributed by atoms with Gasteiger partial charge >= 0.3 is 0 Å². The topological polar surface area (TPSA) is 69.7 Å². The highest BCUT2D eigenvalue weighted by atomic mass is 15.2. The maximum atomic E-state index is 4.42. The molecular weight excluding hydrogens is 240 g/mol. The Morgan fingerprint density at radius 2 is 2.11 bits per heavy atom. The number of anilines is 1. The van der Waals surface area contributed by atoms with Crippen LogP contribution in [0.3, 0.4) is 0 Å². The lowest BCUT2D eigenvalue weighted by atomic mass is 9.90. The Bertz CT molecular complexity index is 543. The fourth-order valence-corrected chi connectivity index (χ4v) is 2.84. The maximum absolute atomic E-state index is 4.42. The summed E-state index contributed by atoms with van der Waals surface area (Å²) in [6.45, 7) is 4.35.